The predicted octanol–water partition coefficient (Wildman–Crippen LogP) is -1.39. The smallest absolute Gasteiger partial charge is 0.326 e. The fraction of sp³-hybridized carbons (Fsp3) is 0.571. The van der Waals surface area contributed by atoms with Crippen LogP contribution < -0.4 is 32.7 Å². The number of primary amides is 1. The number of rotatable bonds is 23. The van der Waals surface area contributed by atoms with Crippen LogP contribution in [0.4, 0.5) is 0 Å². The first-order valence-corrected chi connectivity index (χ1v) is 17.7. The van der Waals surface area contributed by atoms with Gasteiger partial charge in [0.2, 0.25) is 35.4 Å². The normalized spacial score (nSPS) is 17.1. The van der Waals surface area contributed by atoms with Crippen LogP contribution in [0, 0.1) is 5.92 Å². The minimum Gasteiger partial charge on any atom is -0.481 e. The summed E-state index contributed by atoms with van der Waals surface area (Å²) in [7, 11) is 0. The van der Waals surface area contributed by atoms with Crippen molar-refractivity contribution in [3.63, 3.8) is 0 Å². The van der Waals surface area contributed by atoms with Crippen molar-refractivity contribution in [2.24, 2.45) is 17.4 Å². The SMILES string of the molecule is CC[C@H](C)[C@H](NC(=O)[C@H](CCC(=O)O)NC(=O)[C@H](CCC(=O)O)NC(=O)[C@H](Cc1ccccc1)NC(=O)[C@@H](N)CCC(N)=O)C(=O)N1CCC[C@H]1C(=O)O. The quantitative estimate of drug-likeness (QED) is 0.0621. The summed E-state index contributed by atoms with van der Waals surface area (Å²) in [4.78, 5) is 115. The first-order chi connectivity index (χ1) is 25.4. The van der Waals surface area contributed by atoms with Crippen LogP contribution in [0.1, 0.15) is 77.2 Å². The molecule has 7 atom stereocenters. The Labute approximate surface area is 311 Å². The van der Waals surface area contributed by atoms with E-state index in [-0.39, 0.29) is 32.2 Å². The Morgan fingerprint density at radius 1 is 0.759 bits per heavy atom. The fourth-order valence-corrected chi connectivity index (χ4v) is 5.79. The van der Waals surface area contributed by atoms with Gasteiger partial charge in [0.15, 0.2) is 0 Å². The Bertz CT molecular complexity index is 1520. The minimum atomic E-state index is -1.61. The molecule has 0 aromatic heterocycles. The van der Waals surface area contributed by atoms with Crippen LogP contribution in [-0.2, 0) is 49.6 Å². The molecule has 1 aliphatic rings. The van der Waals surface area contributed by atoms with Crippen LogP contribution >= 0.6 is 0 Å². The van der Waals surface area contributed by atoms with E-state index in [9.17, 15) is 58.5 Å². The second kappa shape index (κ2) is 21.8. The number of nitrogens with two attached hydrogens (primary N) is 2. The Kier molecular flexibility index (Phi) is 18.0. The van der Waals surface area contributed by atoms with Crippen LogP contribution in [0.3, 0.4) is 0 Å². The summed E-state index contributed by atoms with van der Waals surface area (Å²) in [6.07, 6.45) is -1.56. The van der Waals surface area contributed by atoms with Crippen molar-refractivity contribution in [3.05, 3.63) is 35.9 Å². The Balaban J connectivity index is 2.37. The van der Waals surface area contributed by atoms with Gasteiger partial charge in [-0.15, -0.1) is 0 Å². The standard InChI is InChI=1S/C35H51N7O12/c1-3-19(2)29(34(52)42-17-7-10-25(42)35(53)54)41-32(50)23(13-16-28(46)47)38-31(49)22(12-15-27(44)45)39-33(51)24(18-20-8-5-4-6-9-20)40-30(48)21(36)11-14-26(37)43/h4-6,8-9,19,21-25,29H,3,7,10-18,36H2,1-2H3,(H2,37,43)(H,38,49)(H,39,51)(H,40,48)(H,41,50)(H,44,45)(H,46,47)(H,53,54)/t19-,21-,22-,23-,24-,25-,29-/m0/s1. The van der Waals surface area contributed by atoms with Gasteiger partial charge in [0, 0.05) is 32.2 Å². The van der Waals surface area contributed by atoms with E-state index in [1.54, 1.807) is 44.2 Å². The maximum absolute atomic E-state index is 13.7. The Morgan fingerprint density at radius 3 is 1.78 bits per heavy atom. The zero-order valence-electron chi connectivity index (χ0n) is 30.3. The number of carbonyl (C=O) groups excluding carboxylic acids is 6. The molecule has 0 unspecified atom stereocenters. The van der Waals surface area contributed by atoms with Crippen molar-refractivity contribution >= 4 is 53.4 Å². The zero-order valence-corrected chi connectivity index (χ0v) is 30.3. The molecular weight excluding hydrogens is 710 g/mol. The van der Waals surface area contributed by atoms with E-state index in [4.69, 9.17) is 11.5 Å². The lowest BCUT2D eigenvalue weighted by molar-refractivity contribution is -0.150. The number of hydrogen-bond donors (Lipinski definition) is 9. The molecule has 1 aromatic carbocycles. The average Bonchev–Trinajstić information content (AvgIpc) is 3.62. The van der Waals surface area contributed by atoms with Crippen LogP contribution in [0.2, 0.25) is 0 Å². The van der Waals surface area contributed by atoms with E-state index in [0.29, 0.717) is 18.4 Å². The van der Waals surface area contributed by atoms with Crippen molar-refractivity contribution in [2.45, 2.75) is 114 Å². The molecule has 19 nitrogen and oxygen atoms in total. The first kappa shape index (κ1) is 44.6. The van der Waals surface area contributed by atoms with Crippen molar-refractivity contribution in [2.75, 3.05) is 6.54 Å². The van der Waals surface area contributed by atoms with Gasteiger partial charge >= 0.3 is 17.9 Å². The van der Waals surface area contributed by atoms with Crippen molar-refractivity contribution in [1.82, 2.24) is 26.2 Å². The summed E-state index contributed by atoms with van der Waals surface area (Å²) in [6, 6.07) is 0.328. The lowest BCUT2D eigenvalue weighted by Gasteiger charge is -2.32. The topological polar surface area (TPSA) is 318 Å². The van der Waals surface area contributed by atoms with Crippen molar-refractivity contribution in [1.29, 1.82) is 0 Å². The van der Waals surface area contributed by atoms with Crippen molar-refractivity contribution < 1.29 is 58.5 Å². The van der Waals surface area contributed by atoms with Gasteiger partial charge in [-0.1, -0.05) is 50.6 Å². The summed E-state index contributed by atoms with van der Waals surface area (Å²) < 4.78 is 0. The summed E-state index contributed by atoms with van der Waals surface area (Å²) in [6.45, 7) is 3.55. The number of aliphatic carboxylic acids is 3. The molecule has 0 spiro atoms. The summed E-state index contributed by atoms with van der Waals surface area (Å²) in [5, 5.41) is 38.2. The number of carboxylic acids is 3. The van der Waals surface area contributed by atoms with Gasteiger partial charge < -0.3 is 53.0 Å². The molecule has 1 fully saturated rings. The summed E-state index contributed by atoms with van der Waals surface area (Å²) >= 11 is 0. The maximum atomic E-state index is 13.7. The molecule has 0 aliphatic carbocycles. The number of benzene rings is 1. The van der Waals surface area contributed by atoms with Crippen LogP contribution in [0.5, 0.6) is 0 Å². The molecule has 0 radical (unpaired) electrons. The molecule has 54 heavy (non-hydrogen) atoms. The van der Waals surface area contributed by atoms with Gasteiger partial charge in [0.25, 0.3) is 0 Å². The van der Waals surface area contributed by atoms with Crippen molar-refractivity contribution in [3.8, 4) is 0 Å². The second-order valence-electron chi connectivity index (χ2n) is 13.2. The second-order valence-corrected chi connectivity index (χ2v) is 13.2. The molecule has 1 saturated heterocycles. The van der Waals surface area contributed by atoms with Gasteiger partial charge in [0.05, 0.1) is 6.04 Å². The molecule has 298 valence electrons. The summed E-state index contributed by atoms with van der Waals surface area (Å²) in [5.41, 5.74) is 11.6. The monoisotopic (exact) mass is 761 g/mol. The number of hydrogen-bond acceptors (Lipinski definition) is 10. The number of nitrogens with one attached hydrogen (secondary N) is 4. The van der Waals surface area contributed by atoms with Gasteiger partial charge in [-0.3, -0.25) is 38.4 Å². The minimum absolute atomic E-state index is 0.0946. The molecule has 1 heterocycles. The van der Waals surface area contributed by atoms with E-state index >= 15 is 0 Å². The van der Waals surface area contributed by atoms with Crippen LogP contribution in [0.25, 0.3) is 0 Å². The van der Waals surface area contributed by atoms with E-state index in [0.717, 1.165) is 4.90 Å². The van der Waals surface area contributed by atoms with Crippen LogP contribution in [-0.4, -0.2) is 116 Å². The molecule has 19 heteroatoms. The van der Waals surface area contributed by atoms with E-state index in [1.807, 2.05) is 0 Å². The highest BCUT2D eigenvalue weighted by atomic mass is 16.4. The van der Waals surface area contributed by atoms with Gasteiger partial charge in [0.1, 0.15) is 30.2 Å². The van der Waals surface area contributed by atoms with E-state index in [1.165, 1.54) is 0 Å². The molecule has 11 N–H and O–H groups in total. The third kappa shape index (κ3) is 14.4. The highest BCUT2D eigenvalue weighted by molar-refractivity contribution is 5.97. The lowest BCUT2D eigenvalue weighted by atomic mass is 9.96. The van der Waals surface area contributed by atoms with Gasteiger partial charge in [-0.05, 0) is 43.6 Å². The Hall–Kier alpha value is -5.59. The molecule has 6 amide bonds. The van der Waals surface area contributed by atoms with Gasteiger partial charge in [-0.25, -0.2) is 4.79 Å². The molecule has 1 aliphatic heterocycles. The molecule has 0 saturated carbocycles. The number of likely N-dealkylation sites (tertiary alicyclic amines) is 1. The Morgan fingerprint density at radius 2 is 1.28 bits per heavy atom. The molecule has 2 rings (SSSR count). The summed E-state index contributed by atoms with van der Waals surface area (Å²) in [5.74, 6) is -9.45. The predicted molar refractivity (Wildman–Crippen MR) is 190 cm³/mol. The largest absolute Gasteiger partial charge is 0.481 e. The highest BCUT2D eigenvalue weighted by Gasteiger charge is 2.40. The fourth-order valence-electron chi connectivity index (χ4n) is 5.79. The maximum Gasteiger partial charge on any atom is 0.326 e. The molecule has 0 bridgehead atoms. The average molecular weight is 762 g/mol. The number of carbonyl (C=O) groups is 9. The highest BCUT2D eigenvalue weighted by Crippen LogP contribution is 2.22. The van der Waals surface area contributed by atoms with E-state index < -0.39 is 121 Å². The molecule has 1 aromatic rings. The van der Waals surface area contributed by atoms with Gasteiger partial charge in [-0.2, -0.15) is 0 Å². The number of nitrogens with zero attached hydrogens (tertiary/aromatic N) is 1. The number of carboxylic acid groups (broad SMARTS) is 3. The zero-order chi connectivity index (χ0) is 40.5. The van der Waals surface area contributed by atoms with E-state index in [2.05, 4.69) is 21.3 Å². The third-order valence-corrected chi connectivity index (χ3v) is 9.11. The third-order valence-electron chi connectivity index (χ3n) is 9.11. The number of amides is 6. The lowest BCUT2D eigenvalue weighted by Crippen LogP contribution is -2.60. The van der Waals surface area contributed by atoms with Crippen LogP contribution in [0.15, 0.2) is 30.3 Å². The molecular formula is C35H51N7O12. The first-order valence-electron chi connectivity index (χ1n) is 17.7.